The van der Waals surface area contributed by atoms with Crippen LogP contribution >= 0.6 is 0 Å². The molecule has 0 unspecified atom stereocenters. The predicted octanol–water partition coefficient (Wildman–Crippen LogP) is 0.520. The molecule has 0 aliphatic carbocycles. The Morgan fingerprint density at radius 3 is 2.33 bits per heavy atom. The van der Waals surface area contributed by atoms with Gasteiger partial charge in [0, 0.05) is 0 Å². The summed E-state index contributed by atoms with van der Waals surface area (Å²) in [6.07, 6.45) is 0. The fraction of sp³-hybridized carbons (Fsp3) is 0.300. The van der Waals surface area contributed by atoms with Crippen LogP contribution in [0.4, 0.5) is 11.4 Å². The summed E-state index contributed by atoms with van der Waals surface area (Å²) < 4.78 is 0. The molecule has 0 fully saturated rings. The van der Waals surface area contributed by atoms with E-state index in [2.05, 4.69) is 10.7 Å². The number of anilines is 2. The lowest BCUT2D eigenvalue weighted by Crippen LogP contribution is -2.18. The topological polar surface area (TPSA) is 87.4 Å². The number of carbonyl (C=O) groups excluding carboxylic acids is 1. The van der Waals surface area contributed by atoms with Gasteiger partial charge < -0.3 is 15.8 Å². The molecule has 5 heteroatoms. The zero-order valence-electron chi connectivity index (χ0n) is 8.79. The van der Waals surface area contributed by atoms with Gasteiger partial charge in [0.05, 0.1) is 11.4 Å². The second-order valence-corrected chi connectivity index (χ2v) is 3.33. The molecule has 0 aliphatic rings. The van der Waals surface area contributed by atoms with E-state index in [1.54, 1.807) is 6.07 Å². The minimum atomic E-state index is -0.545. The maximum atomic E-state index is 11.0. The summed E-state index contributed by atoms with van der Waals surface area (Å²) in [6, 6.07) is 3.64. The quantitative estimate of drug-likeness (QED) is 0.432. The van der Waals surface area contributed by atoms with E-state index in [0.717, 1.165) is 11.1 Å². The number of benzene rings is 1. The number of hydrazine groups is 1. The third-order valence-electron chi connectivity index (χ3n) is 2.21. The fourth-order valence-corrected chi connectivity index (χ4v) is 1.23. The molecule has 5 N–H and O–H groups in total. The van der Waals surface area contributed by atoms with Crippen molar-refractivity contribution in [2.75, 3.05) is 17.3 Å². The van der Waals surface area contributed by atoms with E-state index in [9.17, 15) is 4.79 Å². The van der Waals surface area contributed by atoms with Gasteiger partial charge in [0.1, 0.15) is 6.61 Å². The van der Waals surface area contributed by atoms with Crippen molar-refractivity contribution < 1.29 is 9.90 Å². The van der Waals surface area contributed by atoms with Crippen molar-refractivity contribution in [2.24, 2.45) is 5.84 Å². The number of carbonyl (C=O) groups is 1. The monoisotopic (exact) mass is 209 g/mol. The Labute approximate surface area is 88.3 Å². The molecule has 15 heavy (non-hydrogen) atoms. The fourth-order valence-electron chi connectivity index (χ4n) is 1.23. The standard InChI is InChI=1S/C10H15N3O2/c1-6-3-8(12-10(15)5-14)9(13-11)4-7(6)2/h3-4,13-14H,5,11H2,1-2H3,(H,12,15). The van der Waals surface area contributed by atoms with Crippen LogP contribution < -0.4 is 16.6 Å². The highest BCUT2D eigenvalue weighted by Crippen LogP contribution is 2.24. The lowest BCUT2D eigenvalue weighted by Gasteiger charge is -2.12. The molecule has 0 heterocycles. The largest absolute Gasteiger partial charge is 0.387 e. The van der Waals surface area contributed by atoms with Crippen molar-refractivity contribution in [3.05, 3.63) is 23.3 Å². The minimum Gasteiger partial charge on any atom is -0.387 e. The summed E-state index contributed by atoms with van der Waals surface area (Å²) in [6.45, 7) is 3.34. The molecule has 1 aromatic carbocycles. The second-order valence-electron chi connectivity index (χ2n) is 3.33. The van der Waals surface area contributed by atoms with E-state index >= 15 is 0 Å². The molecular weight excluding hydrogens is 194 g/mol. The van der Waals surface area contributed by atoms with Crippen LogP contribution in [0.3, 0.4) is 0 Å². The summed E-state index contributed by atoms with van der Waals surface area (Å²) in [7, 11) is 0. The summed E-state index contributed by atoms with van der Waals surface area (Å²) in [4.78, 5) is 11.0. The second kappa shape index (κ2) is 4.77. The lowest BCUT2D eigenvalue weighted by molar-refractivity contribution is -0.118. The zero-order chi connectivity index (χ0) is 11.4. The SMILES string of the molecule is Cc1cc(NN)c(NC(=O)CO)cc1C. The maximum absolute atomic E-state index is 11.0. The van der Waals surface area contributed by atoms with Gasteiger partial charge in [-0.3, -0.25) is 10.6 Å². The third kappa shape index (κ3) is 2.68. The molecule has 1 aromatic rings. The number of amides is 1. The highest BCUT2D eigenvalue weighted by molar-refractivity contribution is 5.95. The first-order valence-corrected chi connectivity index (χ1v) is 4.57. The van der Waals surface area contributed by atoms with Gasteiger partial charge in [0.15, 0.2) is 0 Å². The van der Waals surface area contributed by atoms with E-state index in [0.29, 0.717) is 11.4 Å². The number of nitrogen functional groups attached to an aromatic ring is 1. The first kappa shape index (κ1) is 11.5. The zero-order valence-corrected chi connectivity index (χ0v) is 8.79. The number of aliphatic hydroxyl groups excluding tert-OH is 1. The van der Waals surface area contributed by atoms with Gasteiger partial charge in [-0.15, -0.1) is 0 Å². The van der Waals surface area contributed by atoms with Crippen LogP contribution in [0.2, 0.25) is 0 Å². The normalized spacial score (nSPS) is 9.87. The van der Waals surface area contributed by atoms with Crippen molar-refractivity contribution in [1.29, 1.82) is 0 Å². The number of aliphatic hydroxyl groups is 1. The number of hydrogen-bond acceptors (Lipinski definition) is 4. The number of nitrogens with two attached hydrogens (primary N) is 1. The third-order valence-corrected chi connectivity index (χ3v) is 2.21. The Balaban J connectivity index is 3.05. The van der Waals surface area contributed by atoms with E-state index in [1.807, 2.05) is 19.9 Å². The molecule has 0 radical (unpaired) electrons. The van der Waals surface area contributed by atoms with Gasteiger partial charge in [0.25, 0.3) is 0 Å². The van der Waals surface area contributed by atoms with Gasteiger partial charge in [-0.25, -0.2) is 0 Å². The summed E-state index contributed by atoms with van der Waals surface area (Å²) in [5, 5.41) is 11.2. The Hall–Kier alpha value is -1.59. The Kier molecular flexibility index (Phi) is 3.65. The van der Waals surface area contributed by atoms with Crippen LogP contribution in [0.1, 0.15) is 11.1 Å². The van der Waals surface area contributed by atoms with E-state index < -0.39 is 12.5 Å². The van der Waals surface area contributed by atoms with Gasteiger partial charge >= 0.3 is 0 Å². The van der Waals surface area contributed by atoms with Crippen LogP contribution in [0, 0.1) is 13.8 Å². The molecule has 1 amide bonds. The van der Waals surface area contributed by atoms with Crippen LogP contribution in [0.5, 0.6) is 0 Å². The molecule has 0 saturated heterocycles. The van der Waals surface area contributed by atoms with Crippen LogP contribution in [-0.2, 0) is 4.79 Å². The molecule has 0 spiro atoms. The Morgan fingerprint density at radius 1 is 1.33 bits per heavy atom. The molecular formula is C10H15N3O2. The highest BCUT2D eigenvalue weighted by atomic mass is 16.3. The average Bonchev–Trinajstić information content (AvgIpc) is 2.22. The van der Waals surface area contributed by atoms with Crippen LogP contribution in [0.15, 0.2) is 12.1 Å². The maximum Gasteiger partial charge on any atom is 0.250 e. The summed E-state index contributed by atoms with van der Waals surface area (Å²) >= 11 is 0. The predicted molar refractivity (Wildman–Crippen MR) is 59.4 cm³/mol. The highest BCUT2D eigenvalue weighted by Gasteiger charge is 2.07. The van der Waals surface area contributed by atoms with Crippen molar-refractivity contribution in [2.45, 2.75) is 13.8 Å². The van der Waals surface area contributed by atoms with Crippen molar-refractivity contribution in [3.63, 3.8) is 0 Å². The number of aryl methyl sites for hydroxylation is 2. The van der Waals surface area contributed by atoms with Gasteiger partial charge in [0.2, 0.25) is 5.91 Å². The smallest absolute Gasteiger partial charge is 0.250 e. The molecule has 82 valence electrons. The first-order chi connectivity index (χ1) is 7.08. The minimum absolute atomic E-state index is 0.463. The molecule has 5 nitrogen and oxygen atoms in total. The van der Waals surface area contributed by atoms with Crippen molar-refractivity contribution in [3.8, 4) is 0 Å². The molecule has 0 aliphatic heterocycles. The van der Waals surface area contributed by atoms with E-state index in [-0.39, 0.29) is 0 Å². The van der Waals surface area contributed by atoms with Crippen LogP contribution in [0.25, 0.3) is 0 Å². The van der Waals surface area contributed by atoms with Gasteiger partial charge in [-0.05, 0) is 37.1 Å². The van der Waals surface area contributed by atoms with Gasteiger partial charge in [-0.2, -0.15) is 0 Å². The molecule has 0 aromatic heterocycles. The summed E-state index contributed by atoms with van der Waals surface area (Å²) in [5.41, 5.74) is 5.81. The molecule has 1 rings (SSSR count). The van der Waals surface area contributed by atoms with Gasteiger partial charge in [-0.1, -0.05) is 0 Å². The van der Waals surface area contributed by atoms with E-state index in [1.165, 1.54) is 0 Å². The summed E-state index contributed by atoms with van der Waals surface area (Å²) in [5.74, 6) is 4.86. The van der Waals surface area contributed by atoms with E-state index in [4.69, 9.17) is 10.9 Å². The Bertz CT molecular complexity index is 377. The molecule has 0 atom stereocenters. The lowest BCUT2D eigenvalue weighted by atomic mass is 10.1. The van der Waals surface area contributed by atoms with Crippen molar-refractivity contribution >= 4 is 17.3 Å². The Morgan fingerprint density at radius 2 is 1.87 bits per heavy atom. The number of hydrogen-bond donors (Lipinski definition) is 4. The molecule has 0 saturated carbocycles. The van der Waals surface area contributed by atoms with Crippen molar-refractivity contribution in [1.82, 2.24) is 0 Å². The number of nitrogens with one attached hydrogen (secondary N) is 2. The first-order valence-electron chi connectivity index (χ1n) is 4.57. The van der Waals surface area contributed by atoms with Crippen LogP contribution in [-0.4, -0.2) is 17.6 Å². The average molecular weight is 209 g/mol. The molecule has 0 bridgehead atoms. The number of rotatable bonds is 3.